The number of hydrogen-bond donors (Lipinski definition) is 0. The molecule has 0 N–H and O–H groups in total. The van der Waals surface area contributed by atoms with Gasteiger partial charge >= 0.3 is 6.09 Å². The van der Waals surface area contributed by atoms with Crippen molar-refractivity contribution in [3.63, 3.8) is 0 Å². The lowest BCUT2D eigenvalue weighted by atomic mass is 9.86. The maximum Gasteiger partial charge on any atom is 0.414 e. The van der Waals surface area contributed by atoms with Crippen molar-refractivity contribution in [2.75, 3.05) is 31.6 Å². The number of piperidine rings is 3. The van der Waals surface area contributed by atoms with Gasteiger partial charge < -0.3 is 9.47 Å². The average molecular weight is 384 g/mol. The number of methoxy groups -OCH3 is 1. The van der Waals surface area contributed by atoms with E-state index in [1.54, 1.807) is 12.1 Å². The molecule has 28 heavy (non-hydrogen) atoms. The summed E-state index contributed by atoms with van der Waals surface area (Å²) >= 11 is 0. The van der Waals surface area contributed by atoms with Gasteiger partial charge in [0.05, 0.1) is 13.7 Å². The van der Waals surface area contributed by atoms with E-state index in [0.717, 1.165) is 32.5 Å². The van der Waals surface area contributed by atoms with Gasteiger partial charge in [-0.25, -0.2) is 9.18 Å². The number of para-hydroxylation sites is 1. The number of halogens is 1. The highest BCUT2D eigenvalue weighted by atomic mass is 19.1. The molecule has 3 aliphatic rings. The average Bonchev–Trinajstić information content (AvgIpc) is 2.74. The molecular formula is C22H25FN2O3. The molecule has 5 nitrogen and oxygen atoms in total. The summed E-state index contributed by atoms with van der Waals surface area (Å²) in [6.45, 7) is 3.02. The molecule has 0 aliphatic carbocycles. The smallest absolute Gasteiger partial charge is 0.414 e. The molecule has 0 radical (unpaired) electrons. The third kappa shape index (κ3) is 3.97. The van der Waals surface area contributed by atoms with E-state index < -0.39 is 6.09 Å². The van der Waals surface area contributed by atoms with Gasteiger partial charge in [0, 0.05) is 17.8 Å². The minimum absolute atomic E-state index is 0.0764. The van der Waals surface area contributed by atoms with Crippen molar-refractivity contribution in [3.8, 4) is 5.75 Å². The number of rotatable bonds is 5. The normalized spacial score (nSPS) is 23.3. The number of nitrogens with zero attached hydrogens (tertiary/aromatic N) is 2. The second kappa shape index (κ2) is 8.19. The van der Waals surface area contributed by atoms with Crippen LogP contribution in [-0.2, 0) is 11.3 Å². The van der Waals surface area contributed by atoms with Crippen LogP contribution in [0, 0.1) is 11.7 Å². The van der Waals surface area contributed by atoms with E-state index in [4.69, 9.17) is 9.47 Å². The lowest BCUT2D eigenvalue weighted by Gasteiger charge is -2.44. The van der Waals surface area contributed by atoms with Crippen LogP contribution in [0.2, 0.25) is 0 Å². The zero-order valence-corrected chi connectivity index (χ0v) is 16.0. The predicted molar refractivity (Wildman–Crippen MR) is 105 cm³/mol. The molecule has 2 bridgehead atoms. The number of anilines is 1. The van der Waals surface area contributed by atoms with Crippen molar-refractivity contribution in [3.05, 3.63) is 59.9 Å². The Balaban J connectivity index is 1.56. The second-order valence-corrected chi connectivity index (χ2v) is 7.44. The monoisotopic (exact) mass is 384 g/mol. The lowest BCUT2D eigenvalue weighted by Crippen LogP contribution is -2.53. The van der Waals surface area contributed by atoms with Crippen molar-refractivity contribution in [2.45, 2.75) is 25.5 Å². The fraction of sp³-hybridized carbons (Fsp3) is 0.409. The van der Waals surface area contributed by atoms with Gasteiger partial charge in [0.25, 0.3) is 0 Å². The zero-order valence-electron chi connectivity index (χ0n) is 16.0. The number of carbonyl (C=O) groups is 1. The molecule has 0 spiro atoms. The highest BCUT2D eigenvalue weighted by Gasteiger charge is 2.37. The molecule has 3 fully saturated rings. The van der Waals surface area contributed by atoms with E-state index in [2.05, 4.69) is 4.90 Å². The molecule has 2 aromatic carbocycles. The SMILES string of the molecule is COc1ccc(F)c(CN(C(=O)OC2CN3CCC2CC3)c2ccccc2)c1. The molecular weight excluding hydrogens is 359 g/mol. The first kappa shape index (κ1) is 18.7. The summed E-state index contributed by atoms with van der Waals surface area (Å²) in [6, 6.07) is 13.8. The number of carbonyl (C=O) groups excluding carboxylic acids is 1. The number of fused-ring (bicyclic) bond motifs is 3. The fourth-order valence-corrected chi connectivity index (χ4v) is 4.08. The number of amides is 1. The second-order valence-electron chi connectivity index (χ2n) is 7.44. The van der Waals surface area contributed by atoms with E-state index >= 15 is 0 Å². The summed E-state index contributed by atoms with van der Waals surface area (Å²) in [6.07, 6.45) is 1.59. The van der Waals surface area contributed by atoms with Crippen molar-refractivity contribution in [1.29, 1.82) is 0 Å². The molecule has 2 aromatic rings. The Labute approximate surface area is 164 Å². The Kier molecular flexibility index (Phi) is 5.48. The van der Waals surface area contributed by atoms with Crippen LogP contribution in [0.5, 0.6) is 5.75 Å². The molecule has 0 aromatic heterocycles. The van der Waals surface area contributed by atoms with Gasteiger partial charge in [-0.05, 0) is 62.2 Å². The van der Waals surface area contributed by atoms with Gasteiger partial charge in [0.2, 0.25) is 0 Å². The summed E-state index contributed by atoms with van der Waals surface area (Å²) in [7, 11) is 1.54. The summed E-state index contributed by atoms with van der Waals surface area (Å²) < 4.78 is 25.5. The minimum Gasteiger partial charge on any atom is -0.497 e. The molecule has 3 aliphatic heterocycles. The maximum absolute atomic E-state index is 14.4. The Morgan fingerprint density at radius 2 is 1.93 bits per heavy atom. The molecule has 148 valence electrons. The van der Waals surface area contributed by atoms with Gasteiger partial charge in [0.15, 0.2) is 0 Å². The number of hydrogen-bond acceptors (Lipinski definition) is 4. The standard InChI is InChI=1S/C22H25FN2O3/c1-27-19-7-8-20(23)17(13-19)14-25(18-5-3-2-4-6-18)22(26)28-21-15-24-11-9-16(21)10-12-24/h2-8,13,16,21H,9-12,14-15H2,1H3. The topological polar surface area (TPSA) is 42.0 Å². The van der Waals surface area contributed by atoms with Gasteiger partial charge in [0.1, 0.15) is 17.7 Å². The van der Waals surface area contributed by atoms with Crippen molar-refractivity contribution in [1.82, 2.24) is 4.90 Å². The Bertz CT molecular complexity index is 822. The van der Waals surface area contributed by atoms with Gasteiger partial charge in [-0.15, -0.1) is 0 Å². The highest BCUT2D eigenvalue weighted by Crippen LogP contribution is 2.31. The molecule has 1 amide bonds. The third-order valence-electron chi connectivity index (χ3n) is 5.72. The Morgan fingerprint density at radius 3 is 2.57 bits per heavy atom. The Morgan fingerprint density at radius 1 is 1.18 bits per heavy atom. The van der Waals surface area contributed by atoms with Crippen molar-refractivity contribution >= 4 is 11.8 Å². The van der Waals surface area contributed by atoms with E-state index in [9.17, 15) is 9.18 Å². The van der Waals surface area contributed by atoms with E-state index in [1.165, 1.54) is 18.1 Å². The lowest BCUT2D eigenvalue weighted by molar-refractivity contribution is -0.0311. The molecule has 5 rings (SSSR count). The maximum atomic E-state index is 14.4. The van der Waals surface area contributed by atoms with Crippen LogP contribution in [0.15, 0.2) is 48.5 Å². The summed E-state index contributed by atoms with van der Waals surface area (Å²) in [5.41, 5.74) is 1.06. The minimum atomic E-state index is -0.438. The van der Waals surface area contributed by atoms with Crippen molar-refractivity contribution < 1.29 is 18.7 Å². The van der Waals surface area contributed by atoms with Gasteiger partial charge in [-0.1, -0.05) is 18.2 Å². The first-order chi connectivity index (χ1) is 13.6. The first-order valence-electron chi connectivity index (χ1n) is 9.72. The van der Waals surface area contributed by atoms with Crippen LogP contribution in [0.25, 0.3) is 0 Å². The molecule has 3 saturated heterocycles. The van der Waals surface area contributed by atoms with Crippen molar-refractivity contribution in [2.24, 2.45) is 5.92 Å². The summed E-state index contributed by atoms with van der Waals surface area (Å²) in [4.78, 5) is 16.9. The van der Waals surface area contributed by atoms with E-state index in [-0.39, 0.29) is 18.5 Å². The molecule has 6 heteroatoms. The number of benzene rings is 2. The van der Waals surface area contributed by atoms with Crippen LogP contribution in [0.4, 0.5) is 14.9 Å². The first-order valence-corrected chi connectivity index (χ1v) is 9.72. The van der Waals surface area contributed by atoms with E-state index in [0.29, 0.717) is 22.9 Å². The van der Waals surface area contributed by atoms with Crippen LogP contribution in [0.1, 0.15) is 18.4 Å². The molecule has 3 heterocycles. The van der Waals surface area contributed by atoms with Gasteiger partial charge in [-0.2, -0.15) is 0 Å². The highest BCUT2D eigenvalue weighted by molar-refractivity contribution is 5.87. The van der Waals surface area contributed by atoms with Crippen LogP contribution in [-0.4, -0.2) is 43.8 Å². The van der Waals surface area contributed by atoms with Crippen LogP contribution >= 0.6 is 0 Å². The van der Waals surface area contributed by atoms with Crippen LogP contribution < -0.4 is 9.64 Å². The van der Waals surface area contributed by atoms with Crippen LogP contribution in [0.3, 0.4) is 0 Å². The summed E-state index contributed by atoms with van der Waals surface area (Å²) in [5, 5.41) is 0. The molecule has 1 atom stereocenters. The van der Waals surface area contributed by atoms with E-state index in [1.807, 2.05) is 30.3 Å². The fourth-order valence-electron chi connectivity index (χ4n) is 4.08. The molecule has 1 unspecified atom stereocenters. The zero-order chi connectivity index (χ0) is 19.5. The predicted octanol–water partition coefficient (Wildman–Crippen LogP) is 4.07. The van der Waals surface area contributed by atoms with Gasteiger partial charge in [-0.3, -0.25) is 9.80 Å². The third-order valence-corrected chi connectivity index (χ3v) is 5.72. The largest absolute Gasteiger partial charge is 0.497 e. The Hall–Kier alpha value is -2.60. The quantitative estimate of drug-likeness (QED) is 0.779. The summed E-state index contributed by atoms with van der Waals surface area (Å²) in [5.74, 6) is 0.590. The number of ether oxygens (including phenoxy) is 2. The molecule has 0 saturated carbocycles.